The lowest BCUT2D eigenvalue weighted by molar-refractivity contribution is -0.667. The van der Waals surface area contributed by atoms with Gasteiger partial charge in [0.15, 0.2) is 30.2 Å². The first-order valence-corrected chi connectivity index (χ1v) is 53.1. The van der Waals surface area contributed by atoms with Crippen molar-refractivity contribution in [2.45, 2.75) is 259 Å². The third kappa shape index (κ3) is 19.6. The molecule has 6 saturated carbocycles. The molecule has 20 heteroatoms. The smallest absolute Gasteiger partial charge is 0.309 e. The topological polar surface area (TPSA) is 128 Å². The van der Waals surface area contributed by atoms with Gasteiger partial charge in [0, 0.05) is 160 Å². The Morgan fingerprint density at radius 2 is 0.797 bits per heavy atom. The molecular formula is C123H138BrI3N8O7S. The molecule has 8 atom stereocenters. The summed E-state index contributed by atoms with van der Waals surface area (Å²) < 4.78 is 27.0. The summed E-state index contributed by atoms with van der Waals surface area (Å²) in [7, 11) is 7.41. The SMILES string of the molecule is CCN1c2ccc(/C=C/C3=[N+](CC)c4ccc(OC)cc4C34CCCCC4)cc2C2CCCC21.CCN1c2ccc(/C=C/c3sc4ccccc4[n+]3CCC(=O)O)cc2C2CCCC21.COc1ccc(N2c3ccc(/C=C/C4=[N+](C)c5ccccc5C4(C)C)cc3C3CCCC32)cc1.COc1ccc(N2c3ccc(/C=C/C4=[N+](CCC(=O)O)c5ccccc5C45CCCCC5)cc3C3CCCC32)cc1.[Br-].[I-].[I-].[I-]. The van der Waals surface area contributed by atoms with Crippen molar-refractivity contribution in [3.63, 3.8) is 0 Å². The Labute approximate surface area is 912 Å². The number of carboxylic acid groups (broad SMARTS) is 2. The van der Waals surface area contributed by atoms with Gasteiger partial charge in [-0.15, -0.1) is 0 Å². The van der Waals surface area contributed by atoms with Crippen molar-refractivity contribution in [1.82, 2.24) is 0 Å². The molecule has 11 aromatic rings. The fraction of sp³-hybridized carbons (Fsp3) is 0.398. The van der Waals surface area contributed by atoms with Crippen molar-refractivity contribution in [1.29, 1.82) is 0 Å². The molecule has 10 aromatic carbocycles. The van der Waals surface area contributed by atoms with Crippen molar-refractivity contribution in [3.05, 3.63) is 297 Å². The van der Waals surface area contributed by atoms with E-state index in [1.54, 1.807) is 38.2 Å². The van der Waals surface area contributed by atoms with E-state index in [9.17, 15) is 14.7 Å². The number of aliphatic carboxylic acids is 2. The largest absolute Gasteiger partial charge is 1.00 e. The summed E-state index contributed by atoms with van der Waals surface area (Å²) in [6.07, 6.45) is 46.6. The van der Waals surface area contributed by atoms with Crippen molar-refractivity contribution in [2.24, 2.45) is 0 Å². The highest BCUT2D eigenvalue weighted by molar-refractivity contribution is 7.18. The van der Waals surface area contributed by atoms with Crippen LogP contribution in [0.15, 0.2) is 231 Å². The Kier molecular flexibility index (Phi) is 32.9. The first-order chi connectivity index (χ1) is 67.9. The van der Waals surface area contributed by atoms with E-state index in [1.165, 1.54) is 257 Å². The maximum absolute atomic E-state index is 11.6. The monoisotopic (exact) mass is 2330 g/mol. The summed E-state index contributed by atoms with van der Waals surface area (Å²) in [5.74, 6) is 3.85. The third-order valence-electron chi connectivity index (χ3n) is 34.1. The fourth-order valence-corrected chi connectivity index (χ4v) is 28.9. The van der Waals surface area contributed by atoms with Gasteiger partial charge in [0.1, 0.15) is 48.4 Å². The van der Waals surface area contributed by atoms with E-state index in [1.807, 2.05) is 12.1 Å². The summed E-state index contributed by atoms with van der Waals surface area (Å²) in [5.41, 5.74) is 32.7. The number of para-hydroxylation sites is 3. The van der Waals surface area contributed by atoms with Crippen LogP contribution in [0, 0.1) is 0 Å². The number of thiazole rings is 1. The molecule has 15 nitrogen and oxygen atoms in total. The predicted molar refractivity (Wildman–Crippen MR) is 571 cm³/mol. The van der Waals surface area contributed by atoms with Gasteiger partial charge in [-0.25, -0.2) is 0 Å². The number of aryl methyl sites for hydroxylation is 1. The molecule has 0 bridgehead atoms. The fourth-order valence-electron chi connectivity index (χ4n) is 27.8. The molecule has 8 heterocycles. The van der Waals surface area contributed by atoms with Gasteiger partial charge in [-0.3, -0.25) is 9.59 Å². The van der Waals surface area contributed by atoms with E-state index < -0.39 is 11.9 Å². The van der Waals surface area contributed by atoms with Crippen molar-refractivity contribution < 1.29 is 141 Å². The van der Waals surface area contributed by atoms with Gasteiger partial charge >= 0.3 is 11.9 Å². The summed E-state index contributed by atoms with van der Waals surface area (Å²) >= 11 is 1.71. The zero-order chi connectivity index (χ0) is 95.4. The predicted octanol–water partition coefficient (Wildman–Crippen LogP) is 15.7. The number of aromatic nitrogens is 1. The highest BCUT2D eigenvalue weighted by Crippen LogP contribution is 2.59. The molecule has 24 rings (SSSR count). The maximum atomic E-state index is 11.6. The second kappa shape index (κ2) is 44.9. The molecule has 6 aliphatic carbocycles. The lowest BCUT2D eigenvalue weighted by Gasteiger charge is -2.31. The number of ether oxygens (including phenoxy) is 3. The second-order valence-corrected chi connectivity index (χ2v) is 42.6. The van der Waals surface area contributed by atoms with Gasteiger partial charge in [0.05, 0.1) is 37.6 Å². The van der Waals surface area contributed by atoms with Crippen LogP contribution in [0.3, 0.4) is 0 Å². The van der Waals surface area contributed by atoms with Crippen LogP contribution in [-0.2, 0) is 32.4 Å². The number of anilines is 6. The van der Waals surface area contributed by atoms with Gasteiger partial charge < -0.3 is 133 Å². The molecule has 0 amide bonds. The minimum atomic E-state index is -0.766. The lowest BCUT2D eigenvalue weighted by atomic mass is 9.67. The Hall–Kier alpha value is -9.73. The first-order valence-electron chi connectivity index (χ1n) is 52.2. The molecule has 8 unspecified atom stereocenters. The zero-order valence-electron chi connectivity index (χ0n) is 84.4. The van der Waals surface area contributed by atoms with E-state index >= 15 is 0 Å². The van der Waals surface area contributed by atoms with Crippen LogP contribution in [0.4, 0.5) is 51.2 Å². The molecule has 7 aliphatic heterocycles. The zero-order valence-corrected chi connectivity index (χ0v) is 93.3. The molecule has 0 radical (unpaired) electrons. The molecule has 2 N–H and O–H groups in total. The number of hydrogen-bond donors (Lipinski definition) is 2. The van der Waals surface area contributed by atoms with Gasteiger partial charge in [-0.05, 0) is 296 Å². The highest BCUT2D eigenvalue weighted by atomic mass is 127. The van der Waals surface area contributed by atoms with E-state index in [4.69, 9.17) is 19.3 Å². The van der Waals surface area contributed by atoms with Gasteiger partial charge in [0.25, 0.3) is 5.01 Å². The number of halogens is 4. The summed E-state index contributed by atoms with van der Waals surface area (Å²) in [5, 5.41) is 19.8. The highest BCUT2D eigenvalue weighted by Gasteiger charge is 2.55. The van der Waals surface area contributed by atoms with E-state index in [2.05, 4.69) is 328 Å². The van der Waals surface area contributed by atoms with Crippen LogP contribution < -0.4 is 127 Å². The third-order valence-corrected chi connectivity index (χ3v) is 35.2. The summed E-state index contributed by atoms with van der Waals surface area (Å²) in [6, 6.07) is 80.0. The molecular weight excluding hydrogens is 2190 g/mol. The minimum absolute atomic E-state index is 0. The Balaban J connectivity index is 0.000000130. The maximum Gasteiger partial charge on any atom is 0.309 e. The Bertz CT molecular complexity index is 6760. The van der Waals surface area contributed by atoms with Crippen LogP contribution in [-0.4, -0.2) is 132 Å². The van der Waals surface area contributed by atoms with Crippen LogP contribution >= 0.6 is 11.3 Å². The van der Waals surface area contributed by atoms with Crippen LogP contribution in [0.2, 0.25) is 0 Å². The Morgan fingerprint density at radius 3 is 1.27 bits per heavy atom. The molecule has 1 aromatic heterocycles. The second-order valence-electron chi connectivity index (χ2n) is 41.5. The summed E-state index contributed by atoms with van der Waals surface area (Å²) in [4.78, 5) is 33.1. The molecule has 746 valence electrons. The number of fused-ring (bicyclic) bond motifs is 18. The van der Waals surface area contributed by atoms with Gasteiger partial charge in [-0.2, -0.15) is 18.3 Å². The van der Waals surface area contributed by atoms with E-state index in [0.717, 1.165) is 72.2 Å². The quantitative estimate of drug-likeness (QED) is 0.0497. The van der Waals surface area contributed by atoms with Crippen molar-refractivity contribution >= 4 is 132 Å². The molecule has 6 fully saturated rings. The number of likely N-dealkylation sites (N-methyl/N-ethyl adjacent to an activating group) is 2. The molecule has 143 heavy (non-hydrogen) atoms. The number of nitrogens with zero attached hydrogens (tertiary/aromatic N) is 8. The van der Waals surface area contributed by atoms with Crippen molar-refractivity contribution in [3.8, 4) is 17.2 Å². The number of carboxylic acids is 2. The number of carbonyl (C=O) groups is 2. The summed E-state index contributed by atoms with van der Waals surface area (Å²) in [6.45, 7) is 15.7. The number of methoxy groups -OCH3 is 3. The van der Waals surface area contributed by atoms with Gasteiger partial charge in [0.2, 0.25) is 22.6 Å². The van der Waals surface area contributed by atoms with Crippen molar-refractivity contribution in [2.75, 3.05) is 74.2 Å². The minimum Gasteiger partial charge on any atom is -1.00 e. The van der Waals surface area contributed by atoms with E-state index in [0.29, 0.717) is 49.0 Å². The molecule has 13 aliphatic rings. The first kappa shape index (κ1) is 105. The Morgan fingerprint density at radius 1 is 0.399 bits per heavy atom. The van der Waals surface area contributed by atoms with Crippen LogP contribution in [0.1, 0.15) is 279 Å². The average Bonchev–Trinajstić information content (AvgIpc) is 1.58. The van der Waals surface area contributed by atoms with Crippen LogP contribution in [0.5, 0.6) is 17.2 Å². The van der Waals surface area contributed by atoms with E-state index in [-0.39, 0.29) is 118 Å². The standard InChI is InChI=1S/C36H38N2O3.C31H33N2O.C31H39N2O.C25H26N2O2S.BrH.3HI/c1-41-27-16-14-26(15-17-27)38-31-11-7-8-28(31)29-24-25(12-18-32(29)38)13-19-34-36(21-5-2-6-22-36)30-9-3-4-10-33(30)37(34)23-20-35(39)40;1-31(2)26-9-5-6-10-29(26)32(3)30(31)19-13-21-12-18-28-25(20-21)24-8-7-11-27(24)33(28)22-14-16-23(34-4)17-15-22;1-4-32-27-11-9-10-24(27)25-20-22(12-15-28(25)32)13-17-30-31(18-7-6-8-19-31)26-21-23(34-3)14-16-29(26)33(30)5-2;1-2-26-20-8-5-6-18(20)19-16-17(10-12-21(19)26)11-13-24-27(15-14-25(28)29)22-7-3-4-9-23(22)30-24;;;;/h3-4,9-10,12-19,24,28,31H,2,5-8,11,20-23H2,1H3;5-6,9-10,12-20,24,27H,7-8,11H2,1-4H3;12-17,20-21,24,27H,4-11,18-19H2,1-3H3;3-4,7,9-13,16,18,20H,2,5-6,8,14-15H2,1H3;4*1H/q;2*+1;;;;;/p-2. The number of allylic oxidation sites excluding steroid dienone is 3. The number of benzene rings is 10. The number of hydrogen-bond acceptors (Lipinski definition) is 10. The number of rotatable bonds is 22. The average molecular weight is 2330 g/mol. The molecule has 0 saturated heterocycles. The lowest BCUT2D eigenvalue weighted by Crippen LogP contribution is -3.00. The van der Waals surface area contributed by atoms with Crippen LogP contribution in [0.25, 0.3) is 40.6 Å². The van der Waals surface area contributed by atoms with Gasteiger partial charge in [-0.1, -0.05) is 148 Å². The normalized spacial score (nSPS) is 21.8. The molecule has 2 spiro atoms.